The topological polar surface area (TPSA) is 104 Å². The highest BCUT2D eigenvalue weighted by Crippen LogP contribution is 2.38. The number of ether oxygens (including phenoxy) is 1. The quantitative estimate of drug-likeness (QED) is 0.377. The van der Waals surface area contributed by atoms with Gasteiger partial charge in [0.2, 0.25) is 15.9 Å². The third kappa shape index (κ3) is 6.10. The highest BCUT2D eigenvalue weighted by atomic mass is 32.2. The van der Waals surface area contributed by atoms with Crippen molar-refractivity contribution >= 4 is 27.8 Å². The molecule has 2 bridgehead atoms. The van der Waals surface area contributed by atoms with Crippen molar-refractivity contribution in [3.63, 3.8) is 0 Å². The minimum absolute atomic E-state index is 0.0654. The van der Waals surface area contributed by atoms with Crippen LogP contribution in [-0.4, -0.2) is 84.8 Å². The molecule has 0 spiro atoms. The van der Waals surface area contributed by atoms with Crippen molar-refractivity contribution in [2.24, 2.45) is 0 Å². The van der Waals surface area contributed by atoms with E-state index in [-0.39, 0.29) is 25.1 Å². The van der Waals surface area contributed by atoms with Gasteiger partial charge in [0.05, 0.1) is 18.0 Å². The van der Waals surface area contributed by atoms with Crippen LogP contribution < -0.4 is 0 Å². The molecule has 2 fully saturated rings. The highest BCUT2D eigenvalue weighted by molar-refractivity contribution is 7.89. The molecule has 2 aliphatic heterocycles. The fourth-order valence-corrected chi connectivity index (χ4v) is 6.76. The van der Waals surface area contributed by atoms with Crippen LogP contribution in [0.15, 0.2) is 91.0 Å². The average molecular weight is 590 g/mol. The molecule has 3 atom stereocenters. The normalized spacial score (nSPS) is 20.1. The molecule has 0 unspecified atom stereocenters. The molecule has 5 rings (SSSR count). The van der Waals surface area contributed by atoms with Crippen molar-refractivity contribution in [1.82, 2.24) is 14.1 Å². The second-order valence-electron chi connectivity index (χ2n) is 10.9. The number of hydrogen-bond donors (Lipinski definition) is 0. The third-order valence-corrected chi connectivity index (χ3v) is 9.84. The van der Waals surface area contributed by atoms with Crippen LogP contribution in [0.25, 0.3) is 0 Å². The molecular weight excluding hydrogens is 554 g/mol. The first-order chi connectivity index (χ1) is 20.2. The molecule has 3 aromatic carbocycles. The largest absolute Gasteiger partial charge is 0.445 e. The molecule has 2 heterocycles. The molecule has 42 heavy (non-hydrogen) atoms. The molecule has 0 saturated carbocycles. The monoisotopic (exact) mass is 589 g/mol. The van der Waals surface area contributed by atoms with E-state index in [9.17, 15) is 22.8 Å². The number of amides is 2. The van der Waals surface area contributed by atoms with E-state index in [2.05, 4.69) is 0 Å². The van der Waals surface area contributed by atoms with Gasteiger partial charge < -0.3 is 9.64 Å². The first kappa shape index (κ1) is 29.5. The SMILES string of the molecule is CN(C)S(=O)(=O)CC(=O)[C@@H]1[C@H]2CC[C@@H](CN1C(=O)C(c1ccccc1)c1ccccc1)N2C(=O)OCc1ccccc1. The van der Waals surface area contributed by atoms with Crippen molar-refractivity contribution in [2.45, 2.75) is 43.5 Å². The zero-order chi connectivity index (χ0) is 29.9. The summed E-state index contributed by atoms with van der Waals surface area (Å²) in [7, 11) is -1.18. The van der Waals surface area contributed by atoms with E-state index in [4.69, 9.17) is 4.74 Å². The number of benzene rings is 3. The Hall–Kier alpha value is -4.02. The standard InChI is InChI=1S/C32H35N3O6S/c1-33(2)42(39,40)22-28(36)30-27-19-18-26(35(27)32(38)41-21-23-12-6-3-7-13-23)20-34(30)31(37)29(24-14-8-4-9-15-24)25-16-10-5-11-17-25/h3-17,26-27,29-30H,18-22H2,1-2H3/t26-,27+,30-/m0/s1. The van der Waals surface area contributed by atoms with E-state index < -0.39 is 45.7 Å². The van der Waals surface area contributed by atoms with E-state index >= 15 is 0 Å². The molecule has 0 N–H and O–H groups in total. The van der Waals surface area contributed by atoms with Crippen molar-refractivity contribution in [2.75, 3.05) is 26.4 Å². The number of nitrogens with zero attached hydrogens (tertiary/aromatic N) is 3. The molecule has 0 radical (unpaired) electrons. The van der Waals surface area contributed by atoms with Gasteiger partial charge in [-0.25, -0.2) is 17.5 Å². The average Bonchev–Trinajstić information content (AvgIpc) is 3.30. The minimum Gasteiger partial charge on any atom is -0.445 e. The second-order valence-corrected chi connectivity index (χ2v) is 13.1. The number of Topliss-reactive ketones (excluding diaryl/α,β-unsaturated/α-hetero) is 1. The molecule has 10 heteroatoms. The maximum absolute atomic E-state index is 14.5. The summed E-state index contributed by atoms with van der Waals surface area (Å²) in [6.07, 6.45) is 0.448. The van der Waals surface area contributed by atoms with Crippen LogP contribution in [0.2, 0.25) is 0 Å². The Labute approximate surface area is 246 Å². The summed E-state index contributed by atoms with van der Waals surface area (Å²) in [5.41, 5.74) is 2.35. The smallest absolute Gasteiger partial charge is 0.410 e. The maximum Gasteiger partial charge on any atom is 0.410 e. The van der Waals surface area contributed by atoms with Gasteiger partial charge in [0.25, 0.3) is 0 Å². The molecule has 0 aliphatic carbocycles. The lowest BCUT2D eigenvalue weighted by atomic mass is 9.88. The Morgan fingerprint density at radius 3 is 1.95 bits per heavy atom. The van der Waals surface area contributed by atoms with Gasteiger partial charge in [0.1, 0.15) is 18.4 Å². The van der Waals surface area contributed by atoms with Crippen LogP contribution in [0.5, 0.6) is 0 Å². The van der Waals surface area contributed by atoms with E-state index in [0.717, 1.165) is 21.0 Å². The number of carbonyl (C=O) groups excluding carboxylic acids is 3. The molecule has 2 amide bonds. The summed E-state index contributed by atoms with van der Waals surface area (Å²) >= 11 is 0. The van der Waals surface area contributed by atoms with Crippen LogP contribution in [0, 0.1) is 0 Å². The van der Waals surface area contributed by atoms with Gasteiger partial charge in [0.15, 0.2) is 5.78 Å². The van der Waals surface area contributed by atoms with Gasteiger partial charge in [-0.2, -0.15) is 0 Å². The fourth-order valence-electron chi connectivity index (χ4n) is 5.97. The first-order valence-corrected chi connectivity index (χ1v) is 15.6. The van der Waals surface area contributed by atoms with Crippen molar-refractivity contribution in [3.8, 4) is 0 Å². The zero-order valence-corrected chi connectivity index (χ0v) is 24.5. The lowest BCUT2D eigenvalue weighted by Gasteiger charge is -2.46. The summed E-state index contributed by atoms with van der Waals surface area (Å²) in [5.74, 6) is -2.40. The maximum atomic E-state index is 14.5. The number of sulfonamides is 1. The van der Waals surface area contributed by atoms with Gasteiger partial charge in [-0.05, 0) is 29.5 Å². The molecule has 0 aromatic heterocycles. The Morgan fingerprint density at radius 1 is 0.857 bits per heavy atom. The lowest BCUT2D eigenvalue weighted by molar-refractivity contribution is -0.145. The number of hydrogen-bond acceptors (Lipinski definition) is 6. The molecule has 3 aromatic rings. The summed E-state index contributed by atoms with van der Waals surface area (Å²) in [4.78, 5) is 44.9. The van der Waals surface area contributed by atoms with Crippen LogP contribution >= 0.6 is 0 Å². The molecule has 2 aliphatic rings. The van der Waals surface area contributed by atoms with Crippen LogP contribution in [0.4, 0.5) is 4.79 Å². The summed E-state index contributed by atoms with van der Waals surface area (Å²) in [6.45, 7) is 0.167. The van der Waals surface area contributed by atoms with E-state index in [0.29, 0.717) is 12.8 Å². The number of carbonyl (C=O) groups is 3. The number of likely N-dealkylation sites (tertiary alicyclic amines) is 1. The molecular formula is C32H35N3O6S. The van der Waals surface area contributed by atoms with Gasteiger partial charge in [0, 0.05) is 20.6 Å². The number of fused-ring (bicyclic) bond motifs is 2. The van der Waals surface area contributed by atoms with Gasteiger partial charge >= 0.3 is 6.09 Å². The fraction of sp³-hybridized carbons (Fsp3) is 0.344. The Bertz CT molecular complexity index is 1480. The Morgan fingerprint density at radius 2 is 1.40 bits per heavy atom. The van der Waals surface area contributed by atoms with Crippen LogP contribution in [0.3, 0.4) is 0 Å². The number of ketones is 1. The highest BCUT2D eigenvalue weighted by Gasteiger charge is 2.54. The zero-order valence-electron chi connectivity index (χ0n) is 23.7. The molecule has 9 nitrogen and oxygen atoms in total. The number of piperazine rings is 1. The number of rotatable bonds is 9. The Kier molecular flexibility index (Phi) is 8.74. The van der Waals surface area contributed by atoms with Crippen LogP contribution in [-0.2, 0) is 31.0 Å². The summed E-state index contributed by atoms with van der Waals surface area (Å²) in [6, 6.07) is 25.7. The predicted molar refractivity (Wildman–Crippen MR) is 158 cm³/mol. The van der Waals surface area contributed by atoms with Gasteiger partial charge in [-0.3, -0.25) is 14.5 Å². The predicted octanol–water partition coefficient (Wildman–Crippen LogP) is 3.66. The van der Waals surface area contributed by atoms with E-state index in [1.165, 1.54) is 19.0 Å². The Balaban J connectivity index is 1.49. The lowest BCUT2D eigenvalue weighted by Crippen LogP contribution is -2.66. The van der Waals surface area contributed by atoms with Gasteiger partial charge in [-0.1, -0.05) is 91.0 Å². The van der Waals surface area contributed by atoms with Crippen LogP contribution in [0.1, 0.15) is 35.4 Å². The molecule has 220 valence electrons. The third-order valence-electron chi connectivity index (χ3n) is 8.08. The second kappa shape index (κ2) is 12.5. The first-order valence-electron chi connectivity index (χ1n) is 14.0. The minimum atomic E-state index is -3.91. The van der Waals surface area contributed by atoms with Crippen molar-refractivity contribution < 1.29 is 27.5 Å². The van der Waals surface area contributed by atoms with Gasteiger partial charge in [-0.15, -0.1) is 0 Å². The van der Waals surface area contributed by atoms with Crippen molar-refractivity contribution in [3.05, 3.63) is 108 Å². The summed E-state index contributed by atoms with van der Waals surface area (Å²) in [5, 5.41) is 0. The summed E-state index contributed by atoms with van der Waals surface area (Å²) < 4.78 is 32.3. The van der Waals surface area contributed by atoms with E-state index in [1.807, 2.05) is 91.0 Å². The van der Waals surface area contributed by atoms with Crippen molar-refractivity contribution in [1.29, 1.82) is 0 Å². The molecule has 2 saturated heterocycles. The van der Waals surface area contributed by atoms with E-state index in [1.54, 1.807) is 4.90 Å².